The number of nitriles is 1. The fraction of sp³-hybridized carbons (Fsp3) is 0.0465. The van der Waals surface area contributed by atoms with E-state index < -0.39 is 0 Å². The van der Waals surface area contributed by atoms with Gasteiger partial charge in [0, 0.05) is 38.8 Å². The van der Waals surface area contributed by atoms with Gasteiger partial charge in [-0.2, -0.15) is 5.26 Å². The number of rotatable bonds is 3. The quantitative estimate of drug-likeness (QED) is 0.202. The second-order valence-electron chi connectivity index (χ2n) is 12.4. The maximum atomic E-state index is 10.0. The third kappa shape index (κ3) is 3.69. The molecule has 3 aromatic heterocycles. The van der Waals surface area contributed by atoms with Crippen LogP contribution in [0.15, 0.2) is 144 Å². The van der Waals surface area contributed by atoms with Crippen molar-refractivity contribution < 1.29 is 4.42 Å². The van der Waals surface area contributed by atoms with Crippen molar-refractivity contribution in [2.75, 3.05) is 0 Å². The zero-order valence-electron chi connectivity index (χ0n) is 25.4. The van der Waals surface area contributed by atoms with Crippen LogP contribution in [0.1, 0.15) is 28.3 Å². The number of hydrogen-bond donors (Lipinski definition) is 0. The first-order valence-corrected chi connectivity index (χ1v) is 16.0. The molecule has 220 valence electrons. The second kappa shape index (κ2) is 9.84. The number of hydrogen-bond acceptors (Lipinski definition) is 2. The van der Waals surface area contributed by atoms with Crippen LogP contribution in [0.25, 0.3) is 72.1 Å². The van der Waals surface area contributed by atoms with Crippen LogP contribution in [-0.2, 0) is 6.42 Å². The maximum absolute atomic E-state index is 10.0. The normalized spacial score (nSPS) is 14.4. The van der Waals surface area contributed by atoms with Crippen molar-refractivity contribution in [2.24, 2.45) is 0 Å². The number of aromatic nitrogens is 2. The maximum Gasteiger partial charge on any atom is 0.137 e. The number of benzene rings is 6. The van der Waals surface area contributed by atoms with Gasteiger partial charge < -0.3 is 13.6 Å². The van der Waals surface area contributed by atoms with Crippen LogP contribution in [-0.4, -0.2) is 9.13 Å². The highest BCUT2D eigenvalue weighted by Crippen LogP contribution is 2.45. The van der Waals surface area contributed by atoms with Gasteiger partial charge in [-0.3, -0.25) is 0 Å². The number of nitrogens with zero attached hydrogens (tertiary/aromatic N) is 3. The summed E-state index contributed by atoms with van der Waals surface area (Å²) in [6.45, 7) is 0. The molecule has 47 heavy (non-hydrogen) atoms. The molecule has 4 heteroatoms. The molecule has 0 saturated heterocycles. The van der Waals surface area contributed by atoms with Crippen molar-refractivity contribution in [1.29, 1.82) is 5.26 Å². The molecule has 4 nitrogen and oxygen atoms in total. The van der Waals surface area contributed by atoms with Gasteiger partial charge in [-0.25, -0.2) is 0 Å². The van der Waals surface area contributed by atoms with Gasteiger partial charge in [0.25, 0.3) is 0 Å². The summed E-state index contributed by atoms with van der Waals surface area (Å²) in [6.07, 6.45) is 5.49. The summed E-state index contributed by atoms with van der Waals surface area (Å²) in [6, 6.07) is 49.0. The monoisotopic (exact) mass is 601 g/mol. The van der Waals surface area contributed by atoms with E-state index in [0.717, 1.165) is 50.8 Å². The summed E-state index contributed by atoms with van der Waals surface area (Å²) < 4.78 is 11.1. The number of fused-ring (bicyclic) bond motifs is 10. The molecular weight excluding hydrogens is 574 g/mol. The Balaban J connectivity index is 1.23. The molecule has 9 aromatic rings. The summed E-state index contributed by atoms with van der Waals surface area (Å²) in [5, 5.41) is 15.9. The molecule has 1 atom stereocenters. The molecule has 6 aromatic carbocycles. The van der Waals surface area contributed by atoms with Gasteiger partial charge in [-0.1, -0.05) is 84.9 Å². The van der Waals surface area contributed by atoms with Crippen molar-refractivity contribution in [2.45, 2.75) is 12.3 Å². The average Bonchev–Trinajstić information content (AvgIpc) is 3.79. The molecule has 0 amide bonds. The second-order valence-corrected chi connectivity index (χ2v) is 12.4. The Morgan fingerprint density at radius 3 is 2.11 bits per heavy atom. The lowest BCUT2D eigenvalue weighted by Crippen LogP contribution is -2.10. The molecule has 3 heterocycles. The van der Waals surface area contributed by atoms with Crippen LogP contribution in [0.2, 0.25) is 0 Å². The minimum absolute atomic E-state index is 0.108. The summed E-state index contributed by atoms with van der Waals surface area (Å²) in [5.74, 6) is 0.108. The highest BCUT2D eigenvalue weighted by Gasteiger charge is 2.28. The van der Waals surface area contributed by atoms with Gasteiger partial charge in [-0.15, -0.1) is 0 Å². The van der Waals surface area contributed by atoms with Crippen LogP contribution < -0.4 is 0 Å². The van der Waals surface area contributed by atoms with Gasteiger partial charge >= 0.3 is 0 Å². The lowest BCUT2D eigenvalue weighted by atomic mass is 9.85. The Bertz CT molecular complexity index is 2730. The van der Waals surface area contributed by atoms with E-state index in [0.29, 0.717) is 5.56 Å². The Hall–Kier alpha value is -6.31. The predicted octanol–water partition coefficient (Wildman–Crippen LogP) is 10.9. The predicted molar refractivity (Wildman–Crippen MR) is 192 cm³/mol. The van der Waals surface area contributed by atoms with E-state index in [4.69, 9.17) is 4.42 Å². The molecule has 0 saturated carbocycles. The molecule has 1 aliphatic carbocycles. The van der Waals surface area contributed by atoms with Crippen LogP contribution in [0, 0.1) is 11.3 Å². The molecular formula is C43H27N3O. The minimum Gasteiger partial charge on any atom is -0.456 e. The van der Waals surface area contributed by atoms with Crippen LogP contribution >= 0.6 is 0 Å². The Morgan fingerprint density at radius 2 is 1.34 bits per heavy atom. The van der Waals surface area contributed by atoms with Gasteiger partial charge in [0.15, 0.2) is 0 Å². The number of para-hydroxylation sites is 4. The van der Waals surface area contributed by atoms with Crippen LogP contribution in [0.4, 0.5) is 0 Å². The third-order valence-corrected chi connectivity index (χ3v) is 9.92. The highest BCUT2D eigenvalue weighted by molar-refractivity contribution is 6.19. The smallest absolute Gasteiger partial charge is 0.137 e. The number of allylic oxidation sites excluding steroid dienone is 1. The van der Waals surface area contributed by atoms with Crippen LogP contribution in [0.3, 0.4) is 0 Å². The standard InChI is InChI=1S/C43H27N3O/c44-26-27-18-20-30(39(24-27)46-36-15-7-4-12-31(36)32-13-5-8-16-37(32)46)28-19-22-38-35(25-28)33-21-23-41-42(34-14-6-9-17-40(34)47-41)43(33)45(38)29-10-2-1-3-11-29/h1-24,28H,25H2. The molecule has 0 bridgehead atoms. The minimum atomic E-state index is 0.108. The van der Waals surface area contributed by atoms with Crippen molar-refractivity contribution in [1.82, 2.24) is 9.13 Å². The SMILES string of the molecule is N#Cc1ccc(C2C=Cc3c(c4ccc5oc6ccccc6c5c4n3-c3ccccc3)C2)c(-n2c3ccccc3c3ccccc32)c1. The summed E-state index contributed by atoms with van der Waals surface area (Å²) in [7, 11) is 0. The van der Waals surface area contributed by atoms with E-state index in [1.54, 1.807) is 0 Å². The van der Waals surface area contributed by atoms with E-state index in [1.165, 1.54) is 38.5 Å². The Morgan fingerprint density at radius 1 is 0.638 bits per heavy atom. The highest BCUT2D eigenvalue weighted by atomic mass is 16.3. The first-order valence-electron chi connectivity index (χ1n) is 16.0. The van der Waals surface area contributed by atoms with Crippen LogP contribution in [0.5, 0.6) is 0 Å². The van der Waals surface area contributed by atoms with E-state index >= 15 is 0 Å². The molecule has 1 unspecified atom stereocenters. The Kier molecular flexibility index (Phi) is 5.44. The van der Waals surface area contributed by atoms with E-state index in [1.807, 2.05) is 18.2 Å². The summed E-state index contributed by atoms with van der Waals surface area (Å²) in [5.41, 5.74) is 11.8. The topological polar surface area (TPSA) is 46.8 Å². The first-order chi connectivity index (χ1) is 23.3. The summed E-state index contributed by atoms with van der Waals surface area (Å²) in [4.78, 5) is 0. The third-order valence-electron chi connectivity index (χ3n) is 9.92. The van der Waals surface area contributed by atoms with Crippen molar-refractivity contribution >= 4 is 60.7 Å². The molecule has 10 rings (SSSR count). The van der Waals surface area contributed by atoms with Gasteiger partial charge in [0.1, 0.15) is 11.2 Å². The Labute approximate surface area is 270 Å². The lowest BCUT2D eigenvalue weighted by molar-refractivity contribution is 0.669. The molecule has 0 spiro atoms. The molecule has 0 radical (unpaired) electrons. The zero-order valence-corrected chi connectivity index (χ0v) is 25.4. The molecule has 0 N–H and O–H groups in total. The fourth-order valence-corrected chi connectivity index (χ4v) is 7.91. The van der Waals surface area contributed by atoms with Gasteiger partial charge in [0.2, 0.25) is 0 Å². The zero-order chi connectivity index (χ0) is 31.1. The van der Waals surface area contributed by atoms with Crippen molar-refractivity contribution in [3.63, 3.8) is 0 Å². The summed E-state index contributed by atoms with van der Waals surface area (Å²) >= 11 is 0. The van der Waals surface area contributed by atoms with Gasteiger partial charge in [-0.05, 0) is 78.2 Å². The number of furan rings is 1. The van der Waals surface area contributed by atoms with Gasteiger partial charge in [0.05, 0.1) is 39.3 Å². The lowest BCUT2D eigenvalue weighted by Gasteiger charge is -2.23. The van der Waals surface area contributed by atoms with E-state index in [9.17, 15) is 5.26 Å². The molecule has 0 aliphatic heterocycles. The largest absolute Gasteiger partial charge is 0.456 e. The van der Waals surface area contributed by atoms with Crippen molar-refractivity contribution in [3.8, 4) is 17.4 Å². The first kappa shape index (κ1) is 26.0. The van der Waals surface area contributed by atoms with Crippen molar-refractivity contribution in [3.05, 3.63) is 162 Å². The fourth-order valence-electron chi connectivity index (χ4n) is 7.91. The molecule has 0 fully saturated rings. The van der Waals surface area contributed by atoms with E-state index in [2.05, 4.69) is 143 Å². The molecule has 1 aliphatic rings. The average molecular weight is 602 g/mol. The van der Waals surface area contributed by atoms with E-state index in [-0.39, 0.29) is 5.92 Å².